The molecule has 0 saturated carbocycles. The van der Waals surface area contributed by atoms with E-state index in [-0.39, 0.29) is 22.4 Å². The maximum absolute atomic E-state index is 12.6. The topological polar surface area (TPSA) is 136 Å². The van der Waals surface area contributed by atoms with E-state index in [4.69, 9.17) is 4.74 Å². The lowest BCUT2D eigenvalue weighted by atomic mass is 10.2. The average Bonchev–Trinajstić information content (AvgIpc) is 2.78. The number of rotatable bonds is 6. The number of ether oxygens (including phenoxy) is 1. The Bertz CT molecular complexity index is 1430. The molecule has 2 aromatic heterocycles. The summed E-state index contributed by atoms with van der Waals surface area (Å²) in [6.07, 6.45) is 1.47. The maximum Gasteiger partial charge on any atom is 0.269 e. The van der Waals surface area contributed by atoms with Gasteiger partial charge in [0.1, 0.15) is 22.7 Å². The Balaban J connectivity index is 1.56. The van der Waals surface area contributed by atoms with Crippen LogP contribution in [0.2, 0.25) is 0 Å². The molecule has 0 atom stereocenters. The number of fused-ring (bicyclic) bond motifs is 1. The van der Waals surface area contributed by atoms with Gasteiger partial charge >= 0.3 is 0 Å². The molecule has 2 aromatic carbocycles. The predicted octanol–water partition coefficient (Wildman–Crippen LogP) is 2.68. The zero-order valence-corrected chi connectivity index (χ0v) is 17.9. The number of hydrogen-bond donors (Lipinski definition) is 2. The summed E-state index contributed by atoms with van der Waals surface area (Å²) in [5.74, 6) is 0.388. The van der Waals surface area contributed by atoms with Crippen molar-refractivity contribution in [3.05, 3.63) is 72.1 Å². The van der Waals surface area contributed by atoms with E-state index < -0.39 is 10.0 Å². The van der Waals surface area contributed by atoms with E-state index in [1.165, 1.54) is 25.4 Å². The first-order valence-electron chi connectivity index (χ1n) is 9.44. The zero-order chi connectivity index (χ0) is 22.7. The summed E-state index contributed by atoms with van der Waals surface area (Å²) in [4.78, 5) is 20.0. The van der Waals surface area contributed by atoms with Crippen LogP contribution in [-0.2, 0) is 10.0 Å². The summed E-state index contributed by atoms with van der Waals surface area (Å²) in [6.45, 7) is 1.80. The molecule has 0 aliphatic rings. The molecule has 162 valence electrons. The Morgan fingerprint density at radius 1 is 0.969 bits per heavy atom. The Labute approximate surface area is 183 Å². The quantitative estimate of drug-likeness (QED) is 0.458. The van der Waals surface area contributed by atoms with E-state index in [2.05, 4.69) is 30.2 Å². The van der Waals surface area contributed by atoms with E-state index in [0.29, 0.717) is 22.5 Å². The Morgan fingerprint density at radius 2 is 1.78 bits per heavy atom. The van der Waals surface area contributed by atoms with Gasteiger partial charge in [-0.05, 0) is 42.8 Å². The molecule has 11 heteroatoms. The van der Waals surface area contributed by atoms with Crippen LogP contribution in [0.25, 0.3) is 11.0 Å². The van der Waals surface area contributed by atoms with Crippen LogP contribution >= 0.6 is 0 Å². The molecular weight excluding hydrogens is 432 g/mol. The van der Waals surface area contributed by atoms with E-state index in [1.54, 1.807) is 49.4 Å². The van der Waals surface area contributed by atoms with Crippen LogP contribution in [0.3, 0.4) is 0 Å². The smallest absolute Gasteiger partial charge is 0.269 e. The van der Waals surface area contributed by atoms with Gasteiger partial charge in [0.15, 0.2) is 0 Å². The van der Waals surface area contributed by atoms with E-state index in [1.807, 2.05) is 0 Å². The van der Waals surface area contributed by atoms with Crippen molar-refractivity contribution in [2.45, 2.75) is 11.8 Å². The van der Waals surface area contributed by atoms with Gasteiger partial charge in [0.25, 0.3) is 21.9 Å². The molecule has 0 radical (unpaired) electrons. The third-order valence-electron chi connectivity index (χ3n) is 4.38. The molecule has 0 fully saturated rings. The van der Waals surface area contributed by atoms with Crippen molar-refractivity contribution in [1.29, 1.82) is 0 Å². The Hall–Kier alpha value is -4.12. The van der Waals surface area contributed by atoms with Crippen LogP contribution in [0, 0.1) is 6.92 Å². The van der Waals surface area contributed by atoms with Crippen molar-refractivity contribution in [3.8, 4) is 11.5 Å². The molecule has 0 spiro atoms. The third kappa shape index (κ3) is 4.62. The minimum Gasteiger partial charge on any atom is -0.457 e. The molecule has 0 saturated heterocycles. The molecule has 4 rings (SSSR count). The summed E-state index contributed by atoms with van der Waals surface area (Å²) in [5, 5.41) is 10.4. The molecule has 0 bridgehead atoms. The van der Waals surface area contributed by atoms with Crippen LogP contribution in [0.1, 0.15) is 16.1 Å². The van der Waals surface area contributed by atoms with Gasteiger partial charge in [-0.1, -0.05) is 12.1 Å². The summed E-state index contributed by atoms with van der Waals surface area (Å²) < 4.78 is 33.3. The molecule has 4 aromatic rings. The minimum atomic E-state index is -3.84. The van der Waals surface area contributed by atoms with Crippen molar-refractivity contribution in [2.24, 2.45) is 0 Å². The number of aryl methyl sites for hydroxylation is 1. The van der Waals surface area contributed by atoms with Gasteiger partial charge in [-0.2, -0.15) is 0 Å². The highest BCUT2D eigenvalue weighted by Crippen LogP contribution is 2.25. The predicted molar refractivity (Wildman–Crippen MR) is 117 cm³/mol. The number of amides is 1. The van der Waals surface area contributed by atoms with Crippen molar-refractivity contribution in [3.63, 3.8) is 0 Å². The zero-order valence-electron chi connectivity index (χ0n) is 17.1. The number of carbonyl (C=O) groups excluding carboxylic acids is 1. The number of carbonyl (C=O) groups is 1. The van der Waals surface area contributed by atoms with Gasteiger partial charge < -0.3 is 10.1 Å². The second-order valence-corrected chi connectivity index (χ2v) is 8.45. The molecule has 32 heavy (non-hydrogen) atoms. The Kier molecular flexibility index (Phi) is 5.65. The second-order valence-electron chi connectivity index (χ2n) is 6.77. The number of anilines is 1. The summed E-state index contributed by atoms with van der Waals surface area (Å²) >= 11 is 0. The van der Waals surface area contributed by atoms with Crippen LogP contribution in [-0.4, -0.2) is 41.5 Å². The number of hydrogen-bond acceptors (Lipinski definition) is 8. The van der Waals surface area contributed by atoms with Gasteiger partial charge in [0.2, 0.25) is 0 Å². The van der Waals surface area contributed by atoms with Gasteiger partial charge in [-0.3, -0.25) is 9.78 Å². The van der Waals surface area contributed by atoms with Gasteiger partial charge in [0.05, 0.1) is 10.4 Å². The van der Waals surface area contributed by atoms with E-state index >= 15 is 0 Å². The summed E-state index contributed by atoms with van der Waals surface area (Å²) in [5.41, 5.74) is 1.86. The molecular formula is C21H18N6O4S. The minimum absolute atomic E-state index is 0.110. The lowest BCUT2D eigenvalue weighted by Gasteiger charge is -2.09. The first-order chi connectivity index (χ1) is 15.3. The Morgan fingerprint density at radius 3 is 2.56 bits per heavy atom. The van der Waals surface area contributed by atoms with Crippen LogP contribution < -0.4 is 14.8 Å². The first-order valence-corrected chi connectivity index (χ1v) is 10.9. The van der Waals surface area contributed by atoms with Crippen molar-refractivity contribution >= 4 is 32.9 Å². The van der Waals surface area contributed by atoms with Gasteiger partial charge in [0, 0.05) is 25.4 Å². The average molecular weight is 450 g/mol. The fourth-order valence-electron chi connectivity index (χ4n) is 2.85. The SMILES string of the molecule is CNC(=O)c1cc(Oc2ccc3nc(NS(=O)(=O)c4cccc(C)c4)nnc3c2)ccn1. The fourth-order valence-corrected chi connectivity index (χ4v) is 3.89. The molecule has 1 amide bonds. The van der Waals surface area contributed by atoms with Crippen molar-refractivity contribution in [2.75, 3.05) is 11.8 Å². The van der Waals surface area contributed by atoms with Crippen LogP contribution in [0.5, 0.6) is 11.5 Å². The van der Waals surface area contributed by atoms with E-state index in [9.17, 15) is 13.2 Å². The molecule has 0 aliphatic heterocycles. The van der Waals surface area contributed by atoms with Crippen LogP contribution in [0.4, 0.5) is 5.95 Å². The first kappa shape index (κ1) is 21.1. The highest BCUT2D eigenvalue weighted by molar-refractivity contribution is 7.92. The number of aromatic nitrogens is 4. The van der Waals surface area contributed by atoms with Crippen molar-refractivity contribution in [1.82, 2.24) is 25.5 Å². The van der Waals surface area contributed by atoms with Gasteiger partial charge in [-0.15, -0.1) is 10.2 Å². The number of benzene rings is 2. The molecule has 10 nitrogen and oxygen atoms in total. The highest BCUT2D eigenvalue weighted by Gasteiger charge is 2.16. The van der Waals surface area contributed by atoms with E-state index in [0.717, 1.165) is 5.56 Å². The molecule has 2 N–H and O–H groups in total. The fraction of sp³-hybridized carbons (Fsp3) is 0.0952. The summed E-state index contributed by atoms with van der Waals surface area (Å²) in [7, 11) is -2.33. The lowest BCUT2D eigenvalue weighted by Crippen LogP contribution is -2.18. The standard InChI is InChI=1S/C21H18N6O4S/c1-13-4-3-5-16(10-13)32(29,30)27-21-24-17-7-6-14(11-18(17)25-26-21)31-15-8-9-23-19(12-15)20(28)22-2/h3-12H,1-2H3,(H,22,28)(H,24,26,27). The number of nitrogens with one attached hydrogen (secondary N) is 2. The molecule has 0 unspecified atom stereocenters. The largest absolute Gasteiger partial charge is 0.457 e. The lowest BCUT2D eigenvalue weighted by molar-refractivity contribution is 0.0958. The second kappa shape index (κ2) is 8.55. The monoisotopic (exact) mass is 450 g/mol. The van der Waals surface area contributed by atoms with Gasteiger partial charge in [-0.25, -0.2) is 18.1 Å². The highest BCUT2D eigenvalue weighted by atomic mass is 32.2. The number of nitrogens with zero attached hydrogens (tertiary/aromatic N) is 4. The molecule has 2 heterocycles. The maximum atomic E-state index is 12.6. The number of sulfonamides is 1. The third-order valence-corrected chi connectivity index (χ3v) is 5.70. The summed E-state index contributed by atoms with van der Waals surface area (Å²) in [6, 6.07) is 14.5. The van der Waals surface area contributed by atoms with Crippen LogP contribution in [0.15, 0.2) is 65.7 Å². The van der Waals surface area contributed by atoms with Crippen molar-refractivity contribution < 1.29 is 17.9 Å². The molecule has 0 aliphatic carbocycles. The number of pyridine rings is 1. The normalized spacial score (nSPS) is 11.2.